The molecule has 9 heteroatoms. The summed E-state index contributed by atoms with van der Waals surface area (Å²) < 4.78 is 33.1. The Balaban J connectivity index is 1.39. The van der Waals surface area contributed by atoms with E-state index in [1.165, 1.54) is 11.3 Å². The Labute approximate surface area is 229 Å². The average molecular weight is 546 g/mol. The predicted octanol–water partition coefficient (Wildman–Crippen LogP) is 6.97. The standard InChI is InChI=1S/C30H28FN3O4S/c1-34(2)12-4-13-37-28-17-24-23(16-27(28)36-3)25(9-11-32-24)38-26-8-5-19-15-21(6-7-22(19)29(26)31)33-30(35)20-10-14-39-18-20/h5-11,14-18H,4,12-13H2,1-3H3,(H,33,35). The SMILES string of the molecule is COc1cc2c(Oc3ccc4cc(NC(=O)c5ccsc5)ccc4c3F)ccnc2cc1OCCCN(C)C. The molecule has 0 unspecified atom stereocenters. The molecule has 0 fully saturated rings. The van der Waals surface area contributed by atoms with Crippen LogP contribution in [0.5, 0.6) is 23.0 Å². The van der Waals surface area contributed by atoms with Crippen LogP contribution in [0.15, 0.2) is 71.6 Å². The first kappa shape index (κ1) is 26.4. The van der Waals surface area contributed by atoms with Crippen molar-refractivity contribution in [3.8, 4) is 23.0 Å². The fourth-order valence-electron chi connectivity index (χ4n) is 4.20. The summed E-state index contributed by atoms with van der Waals surface area (Å²) in [5.74, 6) is 0.941. The molecule has 2 heterocycles. The third-order valence-corrected chi connectivity index (χ3v) is 6.86. The fourth-order valence-corrected chi connectivity index (χ4v) is 4.83. The van der Waals surface area contributed by atoms with Gasteiger partial charge in [0.25, 0.3) is 5.91 Å². The highest BCUT2D eigenvalue weighted by Crippen LogP contribution is 2.38. The minimum Gasteiger partial charge on any atom is -0.493 e. The quantitative estimate of drug-likeness (QED) is 0.191. The number of hydrogen-bond donors (Lipinski definition) is 1. The van der Waals surface area contributed by atoms with Gasteiger partial charge in [-0.15, -0.1) is 0 Å². The summed E-state index contributed by atoms with van der Waals surface area (Å²) in [6.07, 6.45) is 2.48. The second-order valence-electron chi connectivity index (χ2n) is 9.22. The van der Waals surface area contributed by atoms with E-state index in [2.05, 4.69) is 15.2 Å². The van der Waals surface area contributed by atoms with E-state index in [1.807, 2.05) is 19.5 Å². The molecule has 0 aliphatic rings. The van der Waals surface area contributed by atoms with Crippen LogP contribution >= 0.6 is 11.3 Å². The molecule has 0 aliphatic carbocycles. The number of rotatable bonds is 10. The summed E-state index contributed by atoms with van der Waals surface area (Å²) in [7, 11) is 5.61. The van der Waals surface area contributed by atoms with E-state index in [4.69, 9.17) is 14.2 Å². The molecule has 0 atom stereocenters. The topological polar surface area (TPSA) is 72.9 Å². The number of pyridine rings is 1. The molecular formula is C30H28FN3O4S. The maximum absolute atomic E-state index is 15.5. The third kappa shape index (κ3) is 5.94. The van der Waals surface area contributed by atoms with Crippen LogP contribution in [0.25, 0.3) is 21.7 Å². The predicted molar refractivity (Wildman–Crippen MR) is 153 cm³/mol. The maximum Gasteiger partial charge on any atom is 0.256 e. The number of benzene rings is 3. The van der Waals surface area contributed by atoms with Crippen LogP contribution in [-0.2, 0) is 0 Å². The van der Waals surface area contributed by atoms with Gasteiger partial charge in [0, 0.05) is 40.6 Å². The van der Waals surface area contributed by atoms with Crippen molar-refractivity contribution in [2.45, 2.75) is 6.42 Å². The molecular weight excluding hydrogens is 517 g/mol. The second kappa shape index (κ2) is 11.7. The van der Waals surface area contributed by atoms with E-state index in [9.17, 15) is 4.79 Å². The lowest BCUT2D eigenvalue weighted by Gasteiger charge is -2.15. The number of hydrogen-bond acceptors (Lipinski definition) is 7. The zero-order valence-corrected chi connectivity index (χ0v) is 22.7. The van der Waals surface area contributed by atoms with Gasteiger partial charge in [-0.1, -0.05) is 6.07 Å². The van der Waals surface area contributed by atoms with Crippen molar-refractivity contribution in [2.75, 3.05) is 39.7 Å². The smallest absolute Gasteiger partial charge is 0.256 e. The highest BCUT2D eigenvalue weighted by Gasteiger charge is 2.16. The zero-order valence-electron chi connectivity index (χ0n) is 21.9. The Kier molecular flexibility index (Phi) is 7.90. The van der Waals surface area contributed by atoms with Crippen molar-refractivity contribution in [2.24, 2.45) is 0 Å². The van der Waals surface area contributed by atoms with Crippen molar-refractivity contribution in [1.82, 2.24) is 9.88 Å². The molecule has 200 valence electrons. The van der Waals surface area contributed by atoms with Crippen molar-refractivity contribution in [3.05, 3.63) is 82.9 Å². The Morgan fingerprint density at radius 1 is 1.00 bits per heavy atom. The number of halogens is 1. The lowest BCUT2D eigenvalue weighted by molar-refractivity contribution is 0.102. The van der Waals surface area contributed by atoms with Gasteiger partial charge >= 0.3 is 0 Å². The number of nitrogens with one attached hydrogen (secondary N) is 1. The van der Waals surface area contributed by atoms with Gasteiger partial charge in [-0.2, -0.15) is 11.3 Å². The lowest BCUT2D eigenvalue weighted by Crippen LogP contribution is -2.15. The van der Waals surface area contributed by atoms with Crippen molar-refractivity contribution >= 4 is 44.6 Å². The van der Waals surface area contributed by atoms with E-state index in [1.54, 1.807) is 73.3 Å². The van der Waals surface area contributed by atoms with Crippen molar-refractivity contribution in [3.63, 3.8) is 0 Å². The van der Waals surface area contributed by atoms with Gasteiger partial charge in [0.1, 0.15) is 5.75 Å². The molecule has 1 amide bonds. The van der Waals surface area contributed by atoms with Crippen molar-refractivity contribution < 1.29 is 23.4 Å². The van der Waals surface area contributed by atoms with Crippen LogP contribution in [0.3, 0.4) is 0 Å². The Morgan fingerprint density at radius 2 is 1.87 bits per heavy atom. The average Bonchev–Trinajstić information content (AvgIpc) is 3.48. The van der Waals surface area contributed by atoms with Gasteiger partial charge in [0.2, 0.25) is 0 Å². The number of carbonyl (C=O) groups excluding carboxylic acids is 1. The zero-order chi connectivity index (χ0) is 27.4. The fraction of sp³-hybridized carbons (Fsp3) is 0.200. The Bertz CT molecular complexity index is 1620. The van der Waals surface area contributed by atoms with Gasteiger partial charge in [0.15, 0.2) is 23.1 Å². The van der Waals surface area contributed by atoms with Gasteiger partial charge < -0.3 is 24.4 Å². The lowest BCUT2D eigenvalue weighted by atomic mass is 10.1. The van der Waals surface area contributed by atoms with E-state index in [0.29, 0.717) is 56.8 Å². The minimum absolute atomic E-state index is 0.0769. The largest absolute Gasteiger partial charge is 0.493 e. The van der Waals surface area contributed by atoms with E-state index >= 15 is 4.39 Å². The molecule has 5 rings (SSSR count). The summed E-state index contributed by atoms with van der Waals surface area (Å²) >= 11 is 1.45. The van der Waals surface area contributed by atoms with Crippen LogP contribution in [0.4, 0.5) is 10.1 Å². The number of anilines is 1. The molecule has 0 aliphatic heterocycles. The Morgan fingerprint density at radius 3 is 2.64 bits per heavy atom. The first-order valence-electron chi connectivity index (χ1n) is 12.4. The summed E-state index contributed by atoms with van der Waals surface area (Å²) in [6.45, 7) is 1.45. The number of carbonyl (C=O) groups is 1. The molecule has 0 bridgehead atoms. The van der Waals surface area contributed by atoms with Gasteiger partial charge in [-0.3, -0.25) is 9.78 Å². The first-order chi connectivity index (χ1) is 18.9. The molecule has 3 aromatic carbocycles. The molecule has 2 aromatic heterocycles. The number of thiophene rings is 1. The second-order valence-corrected chi connectivity index (χ2v) is 10.00. The number of ether oxygens (including phenoxy) is 3. The molecule has 0 saturated heterocycles. The van der Waals surface area contributed by atoms with Crippen molar-refractivity contribution in [1.29, 1.82) is 0 Å². The molecule has 7 nitrogen and oxygen atoms in total. The molecule has 0 spiro atoms. The van der Waals surface area contributed by atoms with Gasteiger partial charge in [-0.25, -0.2) is 4.39 Å². The highest BCUT2D eigenvalue weighted by atomic mass is 32.1. The van der Waals surface area contributed by atoms with Crippen LogP contribution in [-0.4, -0.2) is 50.1 Å². The third-order valence-electron chi connectivity index (χ3n) is 6.17. The normalized spacial score (nSPS) is 11.2. The summed E-state index contributed by atoms with van der Waals surface area (Å²) in [5.41, 5.74) is 1.81. The number of nitrogens with zero attached hydrogens (tertiary/aromatic N) is 2. The van der Waals surface area contributed by atoms with Crippen LogP contribution in [0, 0.1) is 5.82 Å². The molecule has 0 radical (unpaired) electrons. The molecule has 39 heavy (non-hydrogen) atoms. The number of aromatic nitrogens is 1. The number of fused-ring (bicyclic) bond motifs is 2. The first-order valence-corrected chi connectivity index (χ1v) is 13.3. The minimum atomic E-state index is -0.499. The summed E-state index contributed by atoms with van der Waals surface area (Å²) in [6, 6.07) is 15.4. The molecule has 5 aromatic rings. The van der Waals surface area contributed by atoms with E-state index in [-0.39, 0.29) is 11.7 Å². The molecule has 0 saturated carbocycles. The highest BCUT2D eigenvalue weighted by molar-refractivity contribution is 7.08. The number of amides is 1. The van der Waals surface area contributed by atoms with Crippen LogP contribution < -0.4 is 19.5 Å². The molecule has 1 N–H and O–H groups in total. The van der Waals surface area contributed by atoms with Gasteiger partial charge in [0.05, 0.1) is 24.8 Å². The van der Waals surface area contributed by atoms with Gasteiger partial charge in [-0.05, 0) is 73.7 Å². The maximum atomic E-state index is 15.5. The Hall–Kier alpha value is -4.21. The summed E-state index contributed by atoms with van der Waals surface area (Å²) in [5, 5.41) is 8.15. The monoisotopic (exact) mass is 545 g/mol. The van der Waals surface area contributed by atoms with Crippen LogP contribution in [0.1, 0.15) is 16.8 Å². The number of methoxy groups -OCH3 is 1. The van der Waals surface area contributed by atoms with Crippen LogP contribution in [0.2, 0.25) is 0 Å². The van der Waals surface area contributed by atoms with E-state index < -0.39 is 5.82 Å². The summed E-state index contributed by atoms with van der Waals surface area (Å²) in [4.78, 5) is 18.9. The van der Waals surface area contributed by atoms with E-state index in [0.717, 1.165) is 13.0 Å².